The number of rotatable bonds is 5. The van der Waals surface area contributed by atoms with E-state index in [-0.39, 0.29) is 51.4 Å². The number of hydrogen-bond donors (Lipinski definition) is 1. The van der Waals surface area contributed by atoms with Crippen LogP contribution in [0, 0.1) is 0 Å². The quantitative estimate of drug-likeness (QED) is 0.388. The van der Waals surface area contributed by atoms with Crippen molar-refractivity contribution < 1.29 is 121 Å². The van der Waals surface area contributed by atoms with E-state index in [2.05, 4.69) is 0 Å². The first-order valence-electron chi connectivity index (χ1n) is 4.43. The third kappa shape index (κ3) is 3.55. The average Bonchev–Trinajstić information content (AvgIpc) is 2.24. The molecule has 0 spiro atoms. The van der Waals surface area contributed by atoms with E-state index in [9.17, 15) is 65.5 Å². The van der Waals surface area contributed by atoms with E-state index in [1.807, 2.05) is 0 Å². The van der Waals surface area contributed by atoms with Crippen molar-refractivity contribution in [2.45, 2.75) is 35.1 Å². The van der Waals surface area contributed by atoms with Gasteiger partial charge in [0.2, 0.25) is 0 Å². The van der Waals surface area contributed by atoms with Crippen molar-refractivity contribution in [1.29, 1.82) is 0 Å². The fourth-order valence-electron chi connectivity index (χ4n) is 0.917. The maximum Gasteiger partial charge on any atom is 1.00 e. The Morgan fingerprint density at radius 1 is 0.542 bits per heavy atom. The van der Waals surface area contributed by atoms with Gasteiger partial charge in [-0.2, -0.15) is 65.5 Å². The van der Waals surface area contributed by atoms with Gasteiger partial charge >= 0.3 is 96.6 Å². The average molecular weight is 439 g/mol. The van der Waals surface area contributed by atoms with Crippen LogP contribution in [0.5, 0.6) is 0 Å². The van der Waals surface area contributed by atoms with E-state index in [0.29, 0.717) is 0 Å². The molecule has 0 amide bonds. The Kier molecular flexibility index (Phi) is 7.46. The van der Waals surface area contributed by atoms with Crippen LogP contribution < -0.4 is 51.4 Å². The molecule has 0 saturated carbocycles. The maximum absolute atomic E-state index is 12.7. The molecule has 0 saturated heterocycles. The van der Waals surface area contributed by atoms with E-state index >= 15 is 0 Å². The summed E-state index contributed by atoms with van der Waals surface area (Å²) >= 11 is 0. The second kappa shape index (κ2) is 6.66. The monoisotopic (exact) mass is 439 g/mol. The predicted octanol–water partition coefficient (Wildman–Crippen LogP) is 0.575. The first-order chi connectivity index (χ1) is 9.50. The van der Waals surface area contributed by atoms with Crippen LogP contribution in [-0.4, -0.2) is 48.1 Å². The van der Waals surface area contributed by atoms with Crippen LogP contribution in [0.25, 0.3) is 0 Å². The van der Waals surface area contributed by atoms with Crippen molar-refractivity contribution in [3.8, 4) is 0 Å². The van der Waals surface area contributed by atoms with E-state index in [1.165, 1.54) is 0 Å². The van der Waals surface area contributed by atoms with E-state index < -0.39 is 45.2 Å². The molecule has 0 aliphatic rings. The van der Waals surface area contributed by atoms with Crippen molar-refractivity contribution in [2.75, 3.05) is 0 Å². The van der Waals surface area contributed by atoms with Crippen LogP contribution in [0.2, 0.25) is 0 Å². The number of alkyl halides is 13. The summed E-state index contributed by atoms with van der Waals surface area (Å²) in [5.74, 6) is -32.5. The first kappa shape index (κ1) is 26.9. The molecule has 18 heteroatoms. The van der Waals surface area contributed by atoms with Crippen LogP contribution in [0.15, 0.2) is 0 Å². The minimum absolute atomic E-state index is 0. The standard InChI is InChI=1S/C6HF13O3S.K/c7-1(8,3(11,12)5(15,16)17)2(9,10)4(13,14)6(18,19)23(20,21)22;/h(H,20,21,22);/q;+1. The fourth-order valence-corrected chi connectivity index (χ4v) is 1.37. The van der Waals surface area contributed by atoms with Gasteiger partial charge in [-0.25, -0.2) is 0 Å². The van der Waals surface area contributed by atoms with Gasteiger partial charge in [-0.15, -0.1) is 0 Å². The molecule has 1 N–H and O–H groups in total. The minimum Gasteiger partial charge on any atom is -0.281 e. The molecular formula is C6HF13KO3S+. The van der Waals surface area contributed by atoms with E-state index in [4.69, 9.17) is 4.55 Å². The first-order valence-corrected chi connectivity index (χ1v) is 5.87. The zero-order chi connectivity index (χ0) is 19.5. The summed E-state index contributed by atoms with van der Waals surface area (Å²) in [6, 6.07) is 0. The van der Waals surface area contributed by atoms with Gasteiger partial charge in [-0.1, -0.05) is 0 Å². The van der Waals surface area contributed by atoms with Crippen molar-refractivity contribution in [1.82, 2.24) is 0 Å². The molecule has 0 aromatic carbocycles. The van der Waals surface area contributed by atoms with Gasteiger partial charge in [0, 0.05) is 0 Å². The van der Waals surface area contributed by atoms with Gasteiger partial charge in [0.1, 0.15) is 0 Å². The molecule has 3 nitrogen and oxygen atoms in total. The van der Waals surface area contributed by atoms with Gasteiger partial charge in [0.15, 0.2) is 0 Å². The summed E-state index contributed by atoms with van der Waals surface area (Å²) in [5, 5.41) is -7.52. The summed E-state index contributed by atoms with van der Waals surface area (Å²) in [4.78, 5) is 0. The van der Waals surface area contributed by atoms with Crippen molar-refractivity contribution in [2.24, 2.45) is 0 Å². The van der Waals surface area contributed by atoms with Crippen molar-refractivity contribution >= 4 is 10.1 Å². The third-order valence-corrected chi connectivity index (χ3v) is 3.13. The summed E-state index contributed by atoms with van der Waals surface area (Å²) < 4.78 is 188. The van der Waals surface area contributed by atoms with Gasteiger partial charge < -0.3 is 0 Å². The molecule has 0 aromatic heterocycles. The molecule has 0 aliphatic carbocycles. The smallest absolute Gasteiger partial charge is 0.281 e. The molecular weight excluding hydrogens is 438 g/mol. The fraction of sp³-hybridized carbons (Fsp3) is 1.00. The summed E-state index contributed by atoms with van der Waals surface area (Å²) in [6.45, 7) is 0. The van der Waals surface area contributed by atoms with Crippen LogP contribution in [0.1, 0.15) is 0 Å². The van der Waals surface area contributed by atoms with Crippen LogP contribution >= 0.6 is 0 Å². The molecule has 0 fully saturated rings. The molecule has 140 valence electrons. The molecule has 0 aliphatic heterocycles. The molecule has 0 atom stereocenters. The largest absolute Gasteiger partial charge is 1.00 e. The molecule has 24 heavy (non-hydrogen) atoms. The second-order valence-corrected chi connectivity index (χ2v) is 5.25. The van der Waals surface area contributed by atoms with Crippen LogP contribution in [-0.2, 0) is 10.1 Å². The summed E-state index contributed by atoms with van der Waals surface area (Å²) in [7, 11) is -7.61. The second-order valence-electron chi connectivity index (χ2n) is 3.79. The molecule has 0 unspecified atom stereocenters. The van der Waals surface area contributed by atoms with Crippen LogP contribution in [0.3, 0.4) is 0 Å². The topological polar surface area (TPSA) is 54.4 Å². The molecule has 0 aromatic rings. The normalized spacial score (nSPS) is 15.9. The van der Waals surface area contributed by atoms with Gasteiger partial charge in [-0.05, 0) is 0 Å². The Hall–Kier alpha value is 0.636. The molecule has 0 radical (unpaired) electrons. The number of halogens is 13. The molecule has 0 heterocycles. The number of hydrogen-bond acceptors (Lipinski definition) is 2. The third-order valence-electron chi connectivity index (χ3n) is 2.23. The Morgan fingerprint density at radius 2 is 0.792 bits per heavy atom. The van der Waals surface area contributed by atoms with Gasteiger partial charge in [0.25, 0.3) is 0 Å². The van der Waals surface area contributed by atoms with Crippen molar-refractivity contribution in [3.05, 3.63) is 0 Å². The Labute approximate surface area is 165 Å². The van der Waals surface area contributed by atoms with Gasteiger partial charge in [0.05, 0.1) is 0 Å². The SMILES string of the molecule is O=S(=O)(O)C(F)(F)C(F)(F)C(F)(F)C(F)(F)C(F)(F)C(F)(F)F.[K+]. The Bertz CT molecular complexity index is 565. The molecule has 0 rings (SSSR count). The predicted molar refractivity (Wildman–Crippen MR) is 42.3 cm³/mol. The Morgan fingerprint density at radius 3 is 1.00 bits per heavy atom. The van der Waals surface area contributed by atoms with Crippen LogP contribution in [0.4, 0.5) is 57.1 Å². The maximum atomic E-state index is 12.7. The zero-order valence-corrected chi connectivity index (χ0v) is 14.5. The van der Waals surface area contributed by atoms with E-state index in [1.54, 1.807) is 0 Å². The van der Waals surface area contributed by atoms with Crippen molar-refractivity contribution in [3.63, 3.8) is 0 Å². The summed E-state index contributed by atoms with van der Waals surface area (Å²) in [6.07, 6.45) is -7.59. The zero-order valence-electron chi connectivity index (χ0n) is 10.6. The minimum atomic E-state index is -8.25. The summed E-state index contributed by atoms with van der Waals surface area (Å²) in [5.41, 5.74) is 0. The molecule has 0 bridgehead atoms. The van der Waals surface area contributed by atoms with Gasteiger partial charge in [-0.3, -0.25) is 4.55 Å². The van der Waals surface area contributed by atoms with E-state index in [0.717, 1.165) is 0 Å². The Balaban J connectivity index is 0.